The van der Waals surface area contributed by atoms with Crippen molar-refractivity contribution < 1.29 is 14.7 Å². The molecule has 1 amide bonds. The minimum atomic E-state index is -1.05. The molecule has 0 saturated carbocycles. The van der Waals surface area contributed by atoms with Crippen molar-refractivity contribution in [3.05, 3.63) is 56.7 Å². The first-order valence-corrected chi connectivity index (χ1v) is 7.56. The van der Waals surface area contributed by atoms with E-state index in [1.54, 1.807) is 11.4 Å². The summed E-state index contributed by atoms with van der Waals surface area (Å²) < 4.78 is 0.670. The highest BCUT2D eigenvalue weighted by atomic mass is 79.9. The molecule has 0 radical (unpaired) electrons. The highest BCUT2D eigenvalue weighted by Crippen LogP contribution is 2.22. The largest absolute Gasteiger partial charge is 0.480 e. The number of hydrogen-bond acceptors (Lipinski definition) is 3. The molecule has 1 aromatic carbocycles. The SMILES string of the molecule is O=C(NC(Cc1ccccc1)C(=O)O)c1sccc1Br. The number of carboxylic acid groups (broad SMARTS) is 1. The molecule has 0 bridgehead atoms. The molecule has 2 rings (SSSR count). The first-order chi connectivity index (χ1) is 9.58. The summed E-state index contributed by atoms with van der Waals surface area (Å²) in [7, 11) is 0. The number of carbonyl (C=O) groups excluding carboxylic acids is 1. The van der Waals surface area contributed by atoms with Crippen LogP contribution in [0.15, 0.2) is 46.3 Å². The van der Waals surface area contributed by atoms with Crippen molar-refractivity contribution in [3.63, 3.8) is 0 Å². The van der Waals surface area contributed by atoms with Crippen molar-refractivity contribution in [1.82, 2.24) is 5.32 Å². The summed E-state index contributed by atoms with van der Waals surface area (Å²) in [6.45, 7) is 0. The molecule has 0 fully saturated rings. The van der Waals surface area contributed by atoms with Gasteiger partial charge in [0.1, 0.15) is 10.9 Å². The van der Waals surface area contributed by atoms with Crippen LogP contribution in [0.4, 0.5) is 0 Å². The predicted molar refractivity (Wildman–Crippen MR) is 81.1 cm³/mol. The molecule has 2 N–H and O–H groups in total. The quantitative estimate of drug-likeness (QED) is 0.868. The van der Waals surface area contributed by atoms with Crippen molar-refractivity contribution in [2.24, 2.45) is 0 Å². The van der Waals surface area contributed by atoms with Crippen LogP contribution in [0, 0.1) is 0 Å². The smallest absolute Gasteiger partial charge is 0.326 e. The first-order valence-electron chi connectivity index (χ1n) is 5.88. The van der Waals surface area contributed by atoms with Crippen LogP contribution in [0.1, 0.15) is 15.2 Å². The van der Waals surface area contributed by atoms with Crippen LogP contribution >= 0.6 is 27.3 Å². The Balaban J connectivity index is 2.09. The summed E-state index contributed by atoms with van der Waals surface area (Å²) in [5.41, 5.74) is 0.866. The maximum absolute atomic E-state index is 12.0. The molecule has 0 aliphatic carbocycles. The number of benzene rings is 1. The average molecular weight is 354 g/mol. The number of carboxylic acids is 1. The summed E-state index contributed by atoms with van der Waals surface area (Å²) in [6, 6.07) is 10.0. The van der Waals surface area contributed by atoms with Crippen molar-refractivity contribution in [1.29, 1.82) is 0 Å². The number of carbonyl (C=O) groups is 2. The summed E-state index contributed by atoms with van der Waals surface area (Å²) in [5.74, 6) is -1.43. The van der Waals surface area contributed by atoms with E-state index in [9.17, 15) is 14.7 Å². The van der Waals surface area contributed by atoms with Gasteiger partial charge in [0.2, 0.25) is 0 Å². The molecule has 2 aromatic rings. The fourth-order valence-electron chi connectivity index (χ4n) is 1.73. The summed E-state index contributed by atoms with van der Waals surface area (Å²) in [6.07, 6.45) is 0.255. The topological polar surface area (TPSA) is 66.4 Å². The van der Waals surface area contributed by atoms with Crippen molar-refractivity contribution >= 4 is 39.1 Å². The predicted octanol–water partition coefficient (Wildman–Crippen LogP) is 2.94. The van der Waals surface area contributed by atoms with Crippen LogP contribution in [0.2, 0.25) is 0 Å². The highest BCUT2D eigenvalue weighted by Gasteiger charge is 2.22. The Kier molecular flexibility index (Phi) is 4.92. The van der Waals surface area contributed by atoms with Gasteiger partial charge in [-0.25, -0.2) is 4.79 Å². The van der Waals surface area contributed by atoms with Gasteiger partial charge < -0.3 is 10.4 Å². The summed E-state index contributed by atoms with van der Waals surface area (Å²) in [4.78, 5) is 23.8. The zero-order valence-electron chi connectivity index (χ0n) is 10.4. The second kappa shape index (κ2) is 6.67. The van der Waals surface area contributed by atoms with E-state index in [-0.39, 0.29) is 12.3 Å². The molecule has 20 heavy (non-hydrogen) atoms. The lowest BCUT2D eigenvalue weighted by atomic mass is 10.1. The Morgan fingerprint density at radius 1 is 1.25 bits per heavy atom. The van der Waals surface area contributed by atoms with Crippen LogP contribution in [0.3, 0.4) is 0 Å². The fourth-order valence-corrected chi connectivity index (χ4v) is 3.18. The Bertz CT molecular complexity index is 612. The summed E-state index contributed by atoms with van der Waals surface area (Å²) >= 11 is 4.53. The standard InChI is InChI=1S/C14H12BrNO3S/c15-10-6-7-20-12(10)13(17)16-11(14(18)19)8-9-4-2-1-3-5-9/h1-7,11H,8H2,(H,16,17)(H,18,19). The second-order valence-electron chi connectivity index (χ2n) is 4.15. The number of hydrogen-bond donors (Lipinski definition) is 2. The number of halogens is 1. The van der Waals surface area contributed by atoms with Gasteiger partial charge in [-0.05, 0) is 32.9 Å². The average Bonchev–Trinajstić information content (AvgIpc) is 2.85. The van der Waals surface area contributed by atoms with Crippen LogP contribution in [0.25, 0.3) is 0 Å². The van der Waals surface area contributed by atoms with Crippen LogP contribution in [0.5, 0.6) is 0 Å². The van der Waals surface area contributed by atoms with Gasteiger partial charge in [0.05, 0.1) is 0 Å². The van der Waals surface area contributed by atoms with E-state index in [1.165, 1.54) is 11.3 Å². The zero-order valence-corrected chi connectivity index (χ0v) is 12.8. The molecule has 0 aliphatic heterocycles. The minimum absolute atomic E-state index is 0.255. The van der Waals surface area contributed by atoms with E-state index in [2.05, 4.69) is 21.2 Å². The molecule has 4 nitrogen and oxygen atoms in total. The number of aliphatic carboxylic acids is 1. The molecule has 1 atom stereocenters. The van der Waals surface area contributed by atoms with Crippen LogP contribution in [-0.4, -0.2) is 23.0 Å². The number of thiophene rings is 1. The Morgan fingerprint density at radius 2 is 1.95 bits per heavy atom. The maximum atomic E-state index is 12.0. The van der Waals surface area contributed by atoms with Crippen molar-refractivity contribution in [2.75, 3.05) is 0 Å². The molecule has 1 aromatic heterocycles. The molecular formula is C14H12BrNO3S. The van der Waals surface area contributed by atoms with E-state index in [4.69, 9.17) is 0 Å². The third-order valence-corrected chi connectivity index (χ3v) is 4.55. The van der Waals surface area contributed by atoms with E-state index in [0.29, 0.717) is 9.35 Å². The van der Waals surface area contributed by atoms with Gasteiger partial charge in [-0.1, -0.05) is 30.3 Å². The number of rotatable bonds is 5. The Labute approximate surface area is 128 Å². The molecule has 0 aliphatic rings. The molecule has 6 heteroatoms. The lowest BCUT2D eigenvalue weighted by molar-refractivity contribution is -0.139. The Hall–Kier alpha value is -1.66. The number of nitrogens with one attached hydrogen (secondary N) is 1. The maximum Gasteiger partial charge on any atom is 0.326 e. The third kappa shape index (κ3) is 3.68. The number of amides is 1. The monoisotopic (exact) mass is 353 g/mol. The highest BCUT2D eigenvalue weighted by molar-refractivity contribution is 9.10. The molecule has 0 spiro atoms. The van der Waals surface area contributed by atoms with Gasteiger partial charge in [-0.2, -0.15) is 0 Å². The lowest BCUT2D eigenvalue weighted by Crippen LogP contribution is -2.42. The van der Waals surface area contributed by atoms with Crippen molar-refractivity contribution in [2.45, 2.75) is 12.5 Å². The van der Waals surface area contributed by atoms with E-state index in [1.807, 2.05) is 30.3 Å². The van der Waals surface area contributed by atoms with Crippen LogP contribution < -0.4 is 5.32 Å². The van der Waals surface area contributed by atoms with Gasteiger partial charge in [-0.15, -0.1) is 11.3 Å². The van der Waals surface area contributed by atoms with Crippen molar-refractivity contribution in [3.8, 4) is 0 Å². The van der Waals surface area contributed by atoms with Gasteiger partial charge in [0, 0.05) is 10.9 Å². The second-order valence-corrected chi connectivity index (χ2v) is 5.92. The summed E-state index contributed by atoms with van der Waals surface area (Å²) in [5, 5.41) is 13.5. The van der Waals surface area contributed by atoms with Crippen LogP contribution in [-0.2, 0) is 11.2 Å². The van der Waals surface area contributed by atoms with Gasteiger partial charge in [0.25, 0.3) is 5.91 Å². The fraction of sp³-hybridized carbons (Fsp3) is 0.143. The first kappa shape index (κ1) is 14.7. The third-order valence-electron chi connectivity index (χ3n) is 2.71. The lowest BCUT2D eigenvalue weighted by Gasteiger charge is -2.14. The Morgan fingerprint density at radius 3 is 2.50 bits per heavy atom. The molecule has 1 unspecified atom stereocenters. The minimum Gasteiger partial charge on any atom is -0.480 e. The van der Waals surface area contributed by atoms with E-state index < -0.39 is 12.0 Å². The van der Waals surface area contributed by atoms with Gasteiger partial charge in [-0.3, -0.25) is 4.79 Å². The molecule has 1 heterocycles. The van der Waals surface area contributed by atoms with Gasteiger partial charge >= 0.3 is 5.97 Å². The van der Waals surface area contributed by atoms with Gasteiger partial charge in [0.15, 0.2) is 0 Å². The van der Waals surface area contributed by atoms with E-state index in [0.717, 1.165) is 5.56 Å². The molecular weight excluding hydrogens is 342 g/mol. The normalized spacial score (nSPS) is 11.8. The van der Waals surface area contributed by atoms with E-state index >= 15 is 0 Å². The zero-order chi connectivity index (χ0) is 14.5. The molecule has 0 saturated heterocycles. The molecule has 104 valence electrons.